The average Bonchev–Trinajstić information content (AvgIpc) is 2.40. The van der Waals surface area contributed by atoms with Gasteiger partial charge in [-0.1, -0.05) is 6.92 Å². The minimum atomic E-state index is -0.121. The van der Waals surface area contributed by atoms with E-state index in [9.17, 15) is 9.59 Å². The van der Waals surface area contributed by atoms with Gasteiger partial charge in [-0.3, -0.25) is 14.5 Å². The van der Waals surface area contributed by atoms with Crippen LogP contribution in [0.4, 0.5) is 0 Å². The van der Waals surface area contributed by atoms with Gasteiger partial charge in [0.05, 0.1) is 12.6 Å². The van der Waals surface area contributed by atoms with Crippen LogP contribution in [0.25, 0.3) is 0 Å². The quantitative estimate of drug-likeness (QED) is 0.703. The van der Waals surface area contributed by atoms with Crippen LogP contribution < -0.4 is 5.32 Å². The van der Waals surface area contributed by atoms with Crippen molar-refractivity contribution in [1.82, 2.24) is 10.2 Å². The molecule has 1 amide bonds. The van der Waals surface area contributed by atoms with Crippen molar-refractivity contribution in [3.63, 3.8) is 0 Å². The van der Waals surface area contributed by atoms with Crippen LogP contribution in [0.1, 0.15) is 26.7 Å². The van der Waals surface area contributed by atoms with Gasteiger partial charge in [-0.25, -0.2) is 0 Å². The minimum absolute atomic E-state index is 0.0262. The summed E-state index contributed by atoms with van der Waals surface area (Å²) in [5, 5.41) is 2.79. The maximum atomic E-state index is 11.5. The topological polar surface area (TPSA) is 49.4 Å². The molecular weight excluding hydrogens is 180 g/mol. The molecule has 14 heavy (non-hydrogen) atoms. The third-order valence-corrected chi connectivity index (χ3v) is 2.65. The summed E-state index contributed by atoms with van der Waals surface area (Å²) in [4.78, 5) is 24.7. The molecule has 1 N–H and O–H groups in total. The molecule has 1 aliphatic rings. The predicted molar refractivity (Wildman–Crippen MR) is 54.0 cm³/mol. The number of carbonyl (C=O) groups excluding carboxylic acids is 2. The first kappa shape index (κ1) is 11.2. The van der Waals surface area contributed by atoms with E-state index in [2.05, 4.69) is 5.32 Å². The van der Waals surface area contributed by atoms with Crippen LogP contribution in [-0.4, -0.2) is 42.3 Å². The van der Waals surface area contributed by atoms with Gasteiger partial charge in [-0.2, -0.15) is 0 Å². The van der Waals surface area contributed by atoms with Gasteiger partial charge in [-0.05, 0) is 13.3 Å². The Morgan fingerprint density at radius 3 is 3.00 bits per heavy atom. The van der Waals surface area contributed by atoms with Gasteiger partial charge in [0.15, 0.2) is 0 Å². The van der Waals surface area contributed by atoms with Gasteiger partial charge < -0.3 is 5.32 Å². The largest absolute Gasteiger partial charge is 0.355 e. The Morgan fingerprint density at radius 1 is 1.64 bits per heavy atom. The number of ketones is 1. The zero-order valence-electron chi connectivity index (χ0n) is 8.88. The van der Waals surface area contributed by atoms with Crippen LogP contribution in [0, 0.1) is 0 Å². The summed E-state index contributed by atoms with van der Waals surface area (Å²) in [6.45, 7) is 5.64. The third kappa shape index (κ3) is 2.80. The predicted octanol–water partition coefficient (Wildman–Crippen LogP) is 0.176. The van der Waals surface area contributed by atoms with Gasteiger partial charge in [0.1, 0.15) is 5.78 Å². The van der Waals surface area contributed by atoms with Gasteiger partial charge in [-0.15, -0.1) is 0 Å². The summed E-state index contributed by atoms with van der Waals surface area (Å²) < 4.78 is 0. The van der Waals surface area contributed by atoms with Crippen molar-refractivity contribution < 1.29 is 9.59 Å². The van der Waals surface area contributed by atoms with Crippen LogP contribution in [0.2, 0.25) is 0 Å². The molecule has 4 heteroatoms. The molecule has 1 fully saturated rings. The number of Topliss-reactive ketones (excluding diaryl/α,β-unsaturated/α-hetero) is 1. The first-order valence-corrected chi connectivity index (χ1v) is 5.18. The van der Waals surface area contributed by atoms with Crippen molar-refractivity contribution in [1.29, 1.82) is 0 Å². The van der Waals surface area contributed by atoms with Crippen LogP contribution in [0.15, 0.2) is 0 Å². The molecule has 1 rings (SSSR count). The van der Waals surface area contributed by atoms with Crippen LogP contribution in [-0.2, 0) is 9.59 Å². The molecule has 0 spiro atoms. The Bertz CT molecular complexity index is 228. The van der Waals surface area contributed by atoms with E-state index in [1.807, 2.05) is 18.7 Å². The summed E-state index contributed by atoms with van der Waals surface area (Å²) in [7, 11) is 0. The molecule has 0 aliphatic carbocycles. The lowest BCUT2D eigenvalue weighted by Crippen LogP contribution is -2.42. The fourth-order valence-corrected chi connectivity index (χ4v) is 1.66. The summed E-state index contributed by atoms with van der Waals surface area (Å²) in [6.07, 6.45) is 1.46. The molecule has 1 heterocycles. The number of carbonyl (C=O) groups is 2. The molecule has 0 radical (unpaired) electrons. The van der Waals surface area contributed by atoms with Crippen molar-refractivity contribution in [3.8, 4) is 0 Å². The normalized spacial score (nSPS) is 21.1. The summed E-state index contributed by atoms with van der Waals surface area (Å²) in [5.41, 5.74) is 0. The Morgan fingerprint density at radius 2 is 2.36 bits per heavy atom. The Kier molecular flexibility index (Phi) is 4.07. The lowest BCUT2D eigenvalue weighted by molar-refractivity contribution is -0.126. The van der Waals surface area contributed by atoms with E-state index in [-0.39, 0.29) is 17.7 Å². The average molecular weight is 198 g/mol. The molecule has 1 aliphatic heterocycles. The highest BCUT2D eigenvalue weighted by Crippen LogP contribution is 2.05. The standard InChI is InChI=1S/C10H18N2O2/c1-3-9(13)8(2)12-6-4-5-11-10(14)7-12/h8H,3-7H2,1-2H3,(H,11,14). The second kappa shape index (κ2) is 5.10. The number of rotatable bonds is 3. The minimum Gasteiger partial charge on any atom is -0.355 e. The van der Waals surface area contributed by atoms with E-state index in [4.69, 9.17) is 0 Å². The molecule has 0 bridgehead atoms. The van der Waals surface area contributed by atoms with Crippen LogP contribution >= 0.6 is 0 Å². The molecule has 0 aromatic heterocycles. The van der Waals surface area contributed by atoms with Gasteiger partial charge >= 0.3 is 0 Å². The van der Waals surface area contributed by atoms with Gasteiger partial charge in [0.2, 0.25) is 5.91 Å². The number of nitrogens with zero attached hydrogens (tertiary/aromatic N) is 1. The number of amides is 1. The van der Waals surface area contributed by atoms with Crippen LogP contribution in [0.3, 0.4) is 0 Å². The van der Waals surface area contributed by atoms with Crippen molar-refractivity contribution in [2.45, 2.75) is 32.7 Å². The first-order chi connectivity index (χ1) is 6.65. The molecule has 0 saturated carbocycles. The maximum absolute atomic E-state index is 11.5. The van der Waals surface area contributed by atoms with E-state index in [0.717, 1.165) is 19.5 Å². The molecule has 0 aromatic rings. The molecular formula is C10H18N2O2. The van der Waals surface area contributed by atoms with E-state index in [0.29, 0.717) is 13.0 Å². The van der Waals surface area contributed by atoms with Crippen molar-refractivity contribution in [3.05, 3.63) is 0 Å². The van der Waals surface area contributed by atoms with Gasteiger partial charge in [0, 0.05) is 19.5 Å². The van der Waals surface area contributed by atoms with Crippen molar-refractivity contribution >= 4 is 11.7 Å². The molecule has 0 aromatic carbocycles. The molecule has 80 valence electrons. The Hall–Kier alpha value is -0.900. The highest BCUT2D eigenvalue weighted by atomic mass is 16.2. The summed E-state index contributed by atoms with van der Waals surface area (Å²) in [6, 6.07) is -0.121. The second-order valence-corrected chi connectivity index (χ2v) is 3.67. The smallest absolute Gasteiger partial charge is 0.234 e. The molecule has 1 saturated heterocycles. The Labute approximate surface area is 84.7 Å². The monoisotopic (exact) mass is 198 g/mol. The zero-order valence-corrected chi connectivity index (χ0v) is 8.88. The fraction of sp³-hybridized carbons (Fsp3) is 0.800. The Balaban J connectivity index is 2.56. The van der Waals surface area contributed by atoms with Crippen LogP contribution in [0.5, 0.6) is 0 Å². The summed E-state index contributed by atoms with van der Waals surface area (Å²) >= 11 is 0. The highest BCUT2D eigenvalue weighted by molar-refractivity contribution is 5.84. The highest BCUT2D eigenvalue weighted by Gasteiger charge is 2.23. The maximum Gasteiger partial charge on any atom is 0.234 e. The molecule has 4 nitrogen and oxygen atoms in total. The lowest BCUT2D eigenvalue weighted by atomic mass is 10.1. The van der Waals surface area contributed by atoms with E-state index in [1.54, 1.807) is 0 Å². The first-order valence-electron chi connectivity index (χ1n) is 5.18. The van der Waals surface area contributed by atoms with E-state index >= 15 is 0 Å². The van der Waals surface area contributed by atoms with E-state index in [1.165, 1.54) is 0 Å². The number of nitrogens with one attached hydrogen (secondary N) is 1. The van der Waals surface area contributed by atoms with Gasteiger partial charge in [0.25, 0.3) is 0 Å². The third-order valence-electron chi connectivity index (χ3n) is 2.65. The molecule has 1 atom stereocenters. The molecule has 1 unspecified atom stereocenters. The van der Waals surface area contributed by atoms with E-state index < -0.39 is 0 Å². The number of hydrogen-bond acceptors (Lipinski definition) is 3. The second-order valence-electron chi connectivity index (χ2n) is 3.67. The van der Waals surface area contributed by atoms with Crippen molar-refractivity contribution in [2.75, 3.05) is 19.6 Å². The fourth-order valence-electron chi connectivity index (χ4n) is 1.66. The summed E-state index contributed by atoms with van der Waals surface area (Å²) in [5.74, 6) is 0.234. The van der Waals surface area contributed by atoms with Crippen molar-refractivity contribution in [2.24, 2.45) is 0 Å². The number of hydrogen-bond donors (Lipinski definition) is 1. The lowest BCUT2D eigenvalue weighted by Gasteiger charge is -2.24. The SMILES string of the molecule is CCC(=O)C(C)N1CCCNC(=O)C1. The zero-order chi connectivity index (χ0) is 10.6.